The lowest BCUT2D eigenvalue weighted by Gasteiger charge is -2.11. The van der Waals surface area contributed by atoms with Crippen LogP contribution in [0.3, 0.4) is 0 Å². The standard InChI is InChI=1S/C11H13F2NO2S/c12-10-2-1-3-11(13)9(10)6-14-8-4-5-17(15,16)7-8/h1-3,8,14H,4-7H2/t8-/m0/s1. The van der Waals surface area contributed by atoms with E-state index in [1.54, 1.807) is 0 Å². The molecule has 0 amide bonds. The normalized spacial score (nSPS) is 22.8. The maximum atomic E-state index is 13.3. The van der Waals surface area contributed by atoms with Crippen molar-refractivity contribution in [2.45, 2.75) is 19.0 Å². The van der Waals surface area contributed by atoms with E-state index in [1.165, 1.54) is 18.2 Å². The van der Waals surface area contributed by atoms with E-state index in [9.17, 15) is 17.2 Å². The number of benzene rings is 1. The summed E-state index contributed by atoms with van der Waals surface area (Å²) in [5.41, 5.74) is -0.0446. The van der Waals surface area contributed by atoms with Crippen molar-refractivity contribution >= 4 is 9.84 Å². The van der Waals surface area contributed by atoms with Crippen molar-refractivity contribution < 1.29 is 17.2 Å². The first kappa shape index (κ1) is 12.4. The first-order chi connectivity index (χ1) is 7.98. The van der Waals surface area contributed by atoms with Gasteiger partial charge in [-0.2, -0.15) is 0 Å². The van der Waals surface area contributed by atoms with Crippen LogP contribution in [0.4, 0.5) is 8.78 Å². The molecule has 1 saturated heterocycles. The molecule has 0 aliphatic carbocycles. The zero-order chi connectivity index (χ0) is 12.5. The molecule has 17 heavy (non-hydrogen) atoms. The van der Waals surface area contributed by atoms with Gasteiger partial charge in [-0.05, 0) is 18.6 Å². The van der Waals surface area contributed by atoms with Gasteiger partial charge >= 0.3 is 0 Å². The molecule has 1 N–H and O–H groups in total. The molecule has 0 unspecified atom stereocenters. The molecule has 0 aromatic heterocycles. The Labute approximate surface area is 98.8 Å². The summed E-state index contributed by atoms with van der Waals surface area (Å²) in [7, 11) is -2.97. The van der Waals surface area contributed by atoms with Crippen molar-refractivity contribution in [3.05, 3.63) is 35.4 Å². The maximum Gasteiger partial charge on any atom is 0.151 e. The van der Waals surface area contributed by atoms with Gasteiger partial charge < -0.3 is 5.32 Å². The van der Waals surface area contributed by atoms with Crippen LogP contribution in [-0.4, -0.2) is 26.0 Å². The lowest BCUT2D eigenvalue weighted by Crippen LogP contribution is -2.30. The third-order valence-corrected chi connectivity index (χ3v) is 4.63. The van der Waals surface area contributed by atoms with E-state index in [1.807, 2.05) is 0 Å². The van der Waals surface area contributed by atoms with Crippen LogP contribution in [0.2, 0.25) is 0 Å². The zero-order valence-corrected chi connectivity index (χ0v) is 9.93. The van der Waals surface area contributed by atoms with Crippen molar-refractivity contribution in [2.75, 3.05) is 11.5 Å². The van der Waals surface area contributed by atoms with Gasteiger partial charge in [0.25, 0.3) is 0 Å². The van der Waals surface area contributed by atoms with Crippen molar-refractivity contribution in [1.29, 1.82) is 0 Å². The van der Waals surface area contributed by atoms with Gasteiger partial charge in [0.15, 0.2) is 9.84 Å². The second-order valence-corrected chi connectivity index (χ2v) is 6.41. The van der Waals surface area contributed by atoms with E-state index >= 15 is 0 Å². The predicted molar refractivity (Wildman–Crippen MR) is 60.3 cm³/mol. The number of hydrogen-bond donors (Lipinski definition) is 1. The van der Waals surface area contributed by atoms with Gasteiger partial charge in [0.1, 0.15) is 11.6 Å². The van der Waals surface area contributed by atoms with E-state index in [2.05, 4.69) is 5.32 Å². The minimum atomic E-state index is -2.97. The van der Waals surface area contributed by atoms with Crippen molar-refractivity contribution in [1.82, 2.24) is 5.32 Å². The monoisotopic (exact) mass is 261 g/mol. The van der Waals surface area contributed by atoms with Crippen LogP contribution < -0.4 is 5.32 Å². The van der Waals surface area contributed by atoms with Crippen LogP contribution in [0.5, 0.6) is 0 Å². The minimum Gasteiger partial charge on any atom is -0.309 e. The molecule has 94 valence electrons. The number of rotatable bonds is 3. The van der Waals surface area contributed by atoms with E-state index < -0.39 is 21.5 Å². The quantitative estimate of drug-likeness (QED) is 0.890. The highest BCUT2D eigenvalue weighted by Crippen LogP contribution is 2.15. The minimum absolute atomic E-state index is 0.0126. The molecule has 3 nitrogen and oxygen atoms in total. The molecule has 1 heterocycles. The second-order valence-electron chi connectivity index (χ2n) is 4.18. The molecule has 1 fully saturated rings. The van der Waals surface area contributed by atoms with Crippen LogP contribution in [0.15, 0.2) is 18.2 Å². The molecule has 6 heteroatoms. The fourth-order valence-electron chi connectivity index (χ4n) is 1.90. The summed E-state index contributed by atoms with van der Waals surface area (Å²) < 4.78 is 49.0. The maximum absolute atomic E-state index is 13.3. The first-order valence-corrected chi connectivity index (χ1v) is 7.17. The highest BCUT2D eigenvalue weighted by Gasteiger charge is 2.27. The Balaban J connectivity index is 1.99. The van der Waals surface area contributed by atoms with E-state index in [0.717, 1.165) is 0 Å². The summed E-state index contributed by atoms with van der Waals surface area (Å²) in [6.07, 6.45) is 0.498. The number of hydrogen-bond acceptors (Lipinski definition) is 3. The second kappa shape index (κ2) is 4.70. The molecule has 0 saturated carbocycles. The first-order valence-electron chi connectivity index (χ1n) is 5.34. The largest absolute Gasteiger partial charge is 0.309 e. The van der Waals surface area contributed by atoms with Crippen LogP contribution >= 0.6 is 0 Å². The molecule has 0 bridgehead atoms. The summed E-state index contributed by atoms with van der Waals surface area (Å²) in [5.74, 6) is -1.04. The Bertz CT molecular complexity index is 496. The van der Waals surface area contributed by atoms with E-state index in [4.69, 9.17) is 0 Å². The van der Waals surface area contributed by atoms with Crippen LogP contribution in [0.25, 0.3) is 0 Å². The smallest absolute Gasteiger partial charge is 0.151 e. The summed E-state index contributed by atoms with van der Waals surface area (Å²) in [6.45, 7) is 0.0126. The van der Waals surface area contributed by atoms with E-state index in [-0.39, 0.29) is 29.7 Å². The van der Waals surface area contributed by atoms with Gasteiger partial charge in [0.05, 0.1) is 11.5 Å². The molecular weight excluding hydrogens is 248 g/mol. The lowest BCUT2D eigenvalue weighted by molar-refractivity contribution is 0.503. The van der Waals surface area contributed by atoms with Gasteiger partial charge in [-0.25, -0.2) is 17.2 Å². The number of sulfone groups is 1. The molecule has 1 aliphatic rings. The lowest BCUT2D eigenvalue weighted by atomic mass is 10.1. The highest BCUT2D eigenvalue weighted by atomic mass is 32.2. The summed E-state index contributed by atoms with van der Waals surface area (Å²) in [5, 5.41) is 2.88. The van der Waals surface area contributed by atoms with Crippen molar-refractivity contribution in [3.63, 3.8) is 0 Å². The highest BCUT2D eigenvalue weighted by molar-refractivity contribution is 7.91. The fourth-order valence-corrected chi connectivity index (χ4v) is 3.61. The Hall–Kier alpha value is -1.01. The molecule has 0 radical (unpaired) electrons. The number of halogens is 2. The van der Waals surface area contributed by atoms with Gasteiger partial charge in [-0.15, -0.1) is 0 Å². The number of nitrogens with one attached hydrogen (secondary N) is 1. The summed E-state index contributed by atoms with van der Waals surface area (Å²) >= 11 is 0. The average Bonchev–Trinajstić information content (AvgIpc) is 2.57. The molecule has 1 atom stereocenters. The summed E-state index contributed by atoms with van der Waals surface area (Å²) in [4.78, 5) is 0. The fraction of sp³-hybridized carbons (Fsp3) is 0.455. The Morgan fingerprint density at radius 2 is 1.94 bits per heavy atom. The topological polar surface area (TPSA) is 46.2 Å². The van der Waals surface area contributed by atoms with Gasteiger partial charge in [0, 0.05) is 18.2 Å². The molecular formula is C11H13F2NO2S. The third-order valence-electron chi connectivity index (χ3n) is 2.86. The van der Waals surface area contributed by atoms with Crippen molar-refractivity contribution in [2.24, 2.45) is 0 Å². The Morgan fingerprint density at radius 1 is 1.29 bits per heavy atom. The van der Waals surface area contributed by atoms with Crippen molar-refractivity contribution in [3.8, 4) is 0 Å². The Kier molecular flexibility index (Phi) is 3.44. The van der Waals surface area contributed by atoms with Gasteiger partial charge in [0.2, 0.25) is 0 Å². The van der Waals surface area contributed by atoms with Crippen LogP contribution in [-0.2, 0) is 16.4 Å². The third kappa shape index (κ3) is 3.01. The van der Waals surface area contributed by atoms with Gasteiger partial charge in [-0.1, -0.05) is 6.07 Å². The molecule has 1 aromatic rings. The average molecular weight is 261 g/mol. The predicted octanol–water partition coefficient (Wildman–Crippen LogP) is 1.24. The Morgan fingerprint density at radius 3 is 2.47 bits per heavy atom. The molecule has 0 spiro atoms. The van der Waals surface area contributed by atoms with Crippen LogP contribution in [0, 0.1) is 11.6 Å². The summed E-state index contributed by atoms with van der Waals surface area (Å²) in [6, 6.07) is 3.46. The molecule has 1 aromatic carbocycles. The molecule has 2 rings (SSSR count). The molecule has 1 aliphatic heterocycles. The van der Waals surface area contributed by atoms with E-state index in [0.29, 0.717) is 6.42 Å². The van der Waals surface area contributed by atoms with Gasteiger partial charge in [-0.3, -0.25) is 0 Å². The zero-order valence-electron chi connectivity index (χ0n) is 9.12. The van der Waals surface area contributed by atoms with Crippen LogP contribution in [0.1, 0.15) is 12.0 Å². The SMILES string of the molecule is O=S1(=O)CC[C@H](NCc2c(F)cccc2F)C1.